The zero-order chi connectivity index (χ0) is 32.4. The Labute approximate surface area is 259 Å². The number of aliphatic hydroxyl groups excluding tert-OH is 2. The third-order valence-electron chi connectivity index (χ3n) is 6.07. The average Bonchev–Trinajstić information content (AvgIpc) is 2.87. The molecule has 0 aliphatic rings. The van der Waals surface area contributed by atoms with E-state index in [1.165, 1.54) is 20.8 Å². The van der Waals surface area contributed by atoms with Crippen LogP contribution in [0.15, 0.2) is 45.3 Å². The molecule has 2 amide bonds. The lowest BCUT2D eigenvalue weighted by molar-refractivity contribution is -0.239. The number of aliphatic hydroxyl groups is 2. The van der Waals surface area contributed by atoms with Crippen molar-refractivity contribution in [2.24, 2.45) is 0 Å². The van der Waals surface area contributed by atoms with E-state index in [1.54, 1.807) is 0 Å². The smallest absolute Gasteiger partial charge is 0.430 e. The first-order valence-corrected chi connectivity index (χ1v) is 14.0. The largest absolute Gasteiger partial charge is 0.442 e. The maximum Gasteiger partial charge on any atom is 0.430 e. The molecule has 0 radical (unpaired) electrons. The number of hydrazine groups is 1. The van der Waals surface area contributed by atoms with Crippen molar-refractivity contribution in [2.75, 3.05) is 13.2 Å². The van der Waals surface area contributed by atoms with Crippen molar-refractivity contribution in [3.63, 3.8) is 0 Å². The van der Waals surface area contributed by atoms with Crippen molar-refractivity contribution < 1.29 is 50.9 Å². The Morgan fingerprint density at radius 1 is 0.857 bits per heavy atom. The number of benzene rings is 2. The number of rotatable bonds is 9. The van der Waals surface area contributed by atoms with Gasteiger partial charge in [0.25, 0.3) is 18.8 Å². The van der Waals surface area contributed by atoms with Crippen molar-refractivity contribution in [3.05, 3.63) is 68.1 Å². The second-order valence-corrected chi connectivity index (χ2v) is 12.6. The molecule has 2 N–H and O–H groups in total. The van der Waals surface area contributed by atoms with Gasteiger partial charge in [0.05, 0.1) is 13.2 Å². The Kier molecular flexibility index (Phi) is 11.8. The topological polar surface area (TPSA) is 90.3 Å². The first-order chi connectivity index (χ1) is 19.3. The van der Waals surface area contributed by atoms with Gasteiger partial charge in [-0.1, -0.05) is 31.9 Å². The van der Waals surface area contributed by atoms with Gasteiger partial charge in [-0.05, 0) is 64.1 Å². The van der Waals surface area contributed by atoms with E-state index in [1.807, 2.05) is 0 Å². The first-order valence-electron chi connectivity index (χ1n) is 12.0. The summed E-state index contributed by atoms with van der Waals surface area (Å²) in [5.74, 6) is -4.63. The highest BCUT2D eigenvalue weighted by atomic mass is 79.9. The number of alkyl halides is 5. The van der Waals surface area contributed by atoms with Gasteiger partial charge >= 0.3 is 6.09 Å². The van der Waals surface area contributed by atoms with Crippen molar-refractivity contribution in [1.82, 2.24) is 10.0 Å². The molecule has 0 fully saturated rings. The van der Waals surface area contributed by atoms with Crippen molar-refractivity contribution >= 4 is 55.5 Å². The predicted octanol–water partition coefficient (Wildman–Crippen LogP) is 6.70. The number of hydrogen-bond acceptors (Lipinski definition) is 5. The molecule has 42 heavy (non-hydrogen) atoms. The average molecular weight is 757 g/mol. The normalized spacial score (nSPS) is 15.6. The summed E-state index contributed by atoms with van der Waals surface area (Å²) >= 11 is 11.9. The summed E-state index contributed by atoms with van der Waals surface area (Å²) < 4.78 is 97.2. The van der Waals surface area contributed by atoms with Gasteiger partial charge in [-0.25, -0.2) is 36.1 Å². The molecule has 0 aliphatic carbocycles. The van der Waals surface area contributed by atoms with Crippen LogP contribution >= 0.6 is 43.5 Å². The molecule has 0 saturated heterocycles. The molecule has 2 aromatic carbocycles. The van der Waals surface area contributed by atoms with Crippen LogP contribution in [0.4, 0.5) is 31.1 Å². The number of halogens is 9. The Morgan fingerprint density at radius 2 is 1.24 bits per heavy atom. The maximum atomic E-state index is 15.4. The van der Waals surface area contributed by atoms with Gasteiger partial charge in [-0.2, -0.15) is 5.01 Å². The molecule has 16 heteroatoms. The summed E-state index contributed by atoms with van der Waals surface area (Å²) in [6.07, 6.45) is -10.0. The minimum atomic E-state index is -4.03. The minimum Gasteiger partial charge on any atom is -0.442 e. The monoisotopic (exact) mass is 754 g/mol. The molecule has 0 bridgehead atoms. The van der Waals surface area contributed by atoms with Gasteiger partial charge in [0.1, 0.15) is 22.6 Å². The zero-order valence-corrected chi connectivity index (χ0v) is 26.5. The quantitative estimate of drug-likeness (QED) is 0.169. The van der Waals surface area contributed by atoms with E-state index in [0.29, 0.717) is 12.1 Å². The fourth-order valence-corrected chi connectivity index (χ4v) is 4.93. The van der Waals surface area contributed by atoms with Crippen molar-refractivity contribution in [1.29, 1.82) is 0 Å². The van der Waals surface area contributed by atoms with Gasteiger partial charge in [0.2, 0.25) is 0 Å². The summed E-state index contributed by atoms with van der Waals surface area (Å²) in [7, 11) is 0. The standard InChI is InChI=1S/C26H27Br2ClF6N2O5/c1-13(29)20(40)36(25(11-38,21(32)33)16-9-14(27)5-7-18(16)30)37(23(41)42-24(2,3)4)26(12-39,22(34)35)17-10-15(28)6-8-19(17)31/h5-10,13,21-22,38-39H,11-12H2,1-4H3. The van der Waals surface area contributed by atoms with E-state index in [-0.39, 0.29) is 14.0 Å². The number of hydrogen-bond donors (Lipinski definition) is 2. The van der Waals surface area contributed by atoms with E-state index in [4.69, 9.17) is 16.3 Å². The van der Waals surface area contributed by atoms with Crippen LogP contribution < -0.4 is 0 Å². The molecule has 0 aromatic heterocycles. The van der Waals surface area contributed by atoms with Crippen LogP contribution in [-0.4, -0.2) is 69.3 Å². The molecule has 0 heterocycles. The van der Waals surface area contributed by atoms with Gasteiger partial charge < -0.3 is 14.9 Å². The molecule has 234 valence electrons. The highest BCUT2D eigenvalue weighted by molar-refractivity contribution is 9.10. The molecule has 3 atom stereocenters. The summed E-state index contributed by atoms with van der Waals surface area (Å²) in [6, 6.07) is 4.98. The van der Waals surface area contributed by atoms with Crippen LogP contribution in [0.5, 0.6) is 0 Å². The minimum absolute atomic E-state index is 0.0483. The summed E-state index contributed by atoms with van der Waals surface area (Å²) in [5, 5.41) is 18.4. The van der Waals surface area contributed by atoms with Crippen LogP contribution in [0.25, 0.3) is 0 Å². The highest BCUT2D eigenvalue weighted by Gasteiger charge is 2.63. The lowest BCUT2D eigenvalue weighted by Gasteiger charge is -2.53. The zero-order valence-electron chi connectivity index (χ0n) is 22.5. The maximum absolute atomic E-state index is 15.4. The molecule has 0 aliphatic heterocycles. The van der Waals surface area contributed by atoms with Gasteiger partial charge in [-0.3, -0.25) is 4.79 Å². The van der Waals surface area contributed by atoms with Crippen molar-refractivity contribution in [2.45, 2.75) is 62.6 Å². The van der Waals surface area contributed by atoms with Crippen LogP contribution in [-0.2, 0) is 20.6 Å². The van der Waals surface area contributed by atoms with Gasteiger partial charge in [-0.15, -0.1) is 11.6 Å². The van der Waals surface area contributed by atoms with E-state index in [0.717, 1.165) is 31.2 Å². The van der Waals surface area contributed by atoms with Crippen LogP contribution in [0.1, 0.15) is 38.8 Å². The van der Waals surface area contributed by atoms with E-state index < -0.39 is 87.9 Å². The molecule has 2 rings (SSSR count). The number of amides is 2. The third kappa shape index (κ3) is 6.85. The summed E-state index contributed by atoms with van der Waals surface area (Å²) in [4.78, 5) is 27.6. The Morgan fingerprint density at radius 3 is 1.55 bits per heavy atom. The van der Waals surface area contributed by atoms with Crippen LogP contribution in [0, 0.1) is 11.6 Å². The highest BCUT2D eigenvalue weighted by Crippen LogP contribution is 2.46. The first kappa shape index (κ1) is 36.1. The summed E-state index contributed by atoms with van der Waals surface area (Å²) in [6.45, 7) is 0.965. The second kappa shape index (κ2) is 13.7. The third-order valence-corrected chi connectivity index (χ3v) is 7.24. The lowest BCUT2D eigenvalue weighted by atomic mass is 9.86. The van der Waals surface area contributed by atoms with Gasteiger partial charge in [0, 0.05) is 20.1 Å². The van der Waals surface area contributed by atoms with Crippen LogP contribution in [0.2, 0.25) is 0 Å². The molecule has 0 saturated carbocycles. The fraction of sp³-hybridized carbons (Fsp3) is 0.462. The number of carbonyl (C=O) groups excluding carboxylic acids is 2. The second-order valence-electron chi connectivity index (χ2n) is 10.1. The van der Waals surface area contributed by atoms with Gasteiger partial charge in [0.15, 0.2) is 11.1 Å². The number of nitrogens with zero attached hydrogens (tertiary/aromatic N) is 2. The Hall–Kier alpha value is -2.07. The summed E-state index contributed by atoms with van der Waals surface area (Å²) in [5.41, 5.74) is -11.2. The van der Waals surface area contributed by atoms with Crippen LogP contribution in [0.3, 0.4) is 0 Å². The van der Waals surface area contributed by atoms with E-state index in [9.17, 15) is 19.8 Å². The SMILES string of the molecule is CC(Cl)C(=O)N(N(C(=O)OC(C)(C)C)C(CO)(c1cc(Br)ccc1F)C(F)F)C(CO)(c1cc(Br)ccc1F)C(F)F. The lowest BCUT2D eigenvalue weighted by Crippen LogP contribution is -2.73. The van der Waals surface area contributed by atoms with Crippen molar-refractivity contribution in [3.8, 4) is 0 Å². The molecule has 7 nitrogen and oxygen atoms in total. The number of ether oxygens (including phenoxy) is 1. The number of carbonyl (C=O) groups is 2. The van der Waals surface area contributed by atoms with E-state index >= 15 is 26.3 Å². The molecule has 3 unspecified atom stereocenters. The predicted molar refractivity (Wildman–Crippen MR) is 148 cm³/mol. The Balaban J connectivity index is 3.29. The fourth-order valence-electron chi connectivity index (χ4n) is 4.12. The molecular formula is C26H27Br2ClF6N2O5. The molecule has 0 spiro atoms. The van der Waals surface area contributed by atoms with E-state index in [2.05, 4.69) is 31.9 Å². The Bertz CT molecular complexity index is 1300. The molecular weight excluding hydrogens is 730 g/mol. The molecule has 2 aromatic rings.